The van der Waals surface area contributed by atoms with Crippen LogP contribution in [0.3, 0.4) is 0 Å². The lowest BCUT2D eigenvalue weighted by Gasteiger charge is -2.18. The second-order valence-corrected chi connectivity index (χ2v) is 4.26. The first kappa shape index (κ1) is 14.5. The molecule has 0 bridgehead atoms. The smallest absolute Gasteiger partial charge is 0.162 e. The Morgan fingerprint density at radius 2 is 2.17 bits per heavy atom. The molecule has 0 saturated carbocycles. The molecule has 0 spiro atoms. The molecule has 0 fully saturated rings. The van der Waals surface area contributed by atoms with E-state index in [1.807, 2.05) is 30.2 Å². The van der Waals surface area contributed by atoms with E-state index in [0.29, 0.717) is 18.8 Å². The number of likely N-dealkylation sites (N-methyl/N-ethyl adjacent to an activating group) is 1. The van der Waals surface area contributed by atoms with E-state index in [1.54, 1.807) is 0 Å². The van der Waals surface area contributed by atoms with Crippen LogP contribution in [0.1, 0.15) is 11.1 Å². The van der Waals surface area contributed by atoms with E-state index in [4.69, 9.17) is 9.84 Å². The van der Waals surface area contributed by atoms with Crippen molar-refractivity contribution in [2.45, 2.75) is 13.0 Å². The maximum absolute atomic E-state index is 10.1. The summed E-state index contributed by atoms with van der Waals surface area (Å²) in [7, 11) is 3.43. The van der Waals surface area contributed by atoms with Crippen molar-refractivity contribution < 1.29 is 14.9 Å². The molecule has 4 nitrogen and oxygen atoms in total. The first-order valence-corrected chi connectivity index (χ1v) is 5.91. The molecule has 100 valence electrons. The number of aromatic hydroxyl groups is 1. The molecule has 0 aromatic heterocycles. The summed E-state index contributed by atoms with van der Waals surface area (Å²) < 4.78 is 5.16. The number of phenolic OH excluding ortho intramolecular Hbond substituents is 1. The van der Waals surface area contributed by atoms with Gasteiger partial charge < -0.3 is 14.9 Å². The van der Waals surface area contributed by atoms with Crippen LogP contribution in [-0.2, 0) is 13.0 Å². The summed E-state index contributed by atoms with van der Waals surface area (Å²) in [4.78, 5) is 1.94. The molecule has 0 aliphatic rings. The predicted molar refractivity (Wildman–Crippen MR) is 72.0 cm³/mol. The van der Waals surface area contributed by atoms with Gasteiger partial charge in [-0.25, -0.2) is 0 Å². The molecule has 0 radical (unpaired) electrons. The molecule has 0 unspecified atom stereocenters. The third kappa shape index (κ3) is 3.75. The zero-order valence-electron chi connectivity index (χ0n) is 11.0. The van der Waals surface area contributed by atoms with Gasteiger partial charge in [0.25, 0.3) is 0 Å². The van der Waals surface area contributed by atoms with Gasteiger partial charge in [0.05, 0.1) is 13.7 Å². The van der Waals surface area contributed by atoms with Gasteiger partial charge in [-0.1, -0.05) is 12.1 Å². The van der Waals surface area contributed by atoms with Crippen molar-refractivity contribution in [3.63, 3.8) is 0 Å². The first-order valence-electron chi connectivity index (χ1n) is 5.91. The van der Waals surface area contributed by atoms with Gasteiger partial charge in [-0.3, -0.25) is 4.90 Å². The maximum atomic E-state index is 10.1. The van der Waals surface area contributed by atoms with Crippen LogP contribution in [0, 0.1) is 0 Å². The largest absolute Gasteiger partial charge is 0.504 e. The van der Waals surface area contributed by atoms with Gasteiger partial charge in [0.2, 0.25) is 0 Å². The number of allylic oxidation sites excluding steroid dienone is 1. The van der Waals surface area contributed by atoms with Crippen molar-refractivity contribution in [2.75, 3.05) is 27.3 Å². The van der Waals surface area contributed by atoms with Crippen LogP contribution >= 0.6 is 0 Å². The topological polar surface area (TPSA) is 52.9 Å². The van der Waals surface area contributed by atoms with E-state index >= 15 is 0 Å². The lowest BCUT2D eigenvalue weighted by Crippen LogP contribution is -2.21. The second kappa shape index (κ2) is 7.03. The summed E-state index contributed by atoms with van der Waals surface area (Å²) in [5.41, 5.74) is 1.84. The summed E-state index contributed by atoms with van der Waals surface area (Å²) in [6, 6.07) is 3.75. The maximum Gasteiger partial charge on any atom is 0.162 e. The number of ether oxygens (including phenoxy) is 1. The number of aliphatic hydroxyl groups excluding tert-OH is 1. The average Bonchev–Trinajstić information content (AvgIpc) is 2.33. The highest BCUT2D eigenvalue weighted by atomic mass is 16.5. The minimum Gasteiger partial charge on any atom is -0.504 e. The van der Waals surface area contributed by atoms with Crippen molar-refractivity contribution in [2.24, 2.45) is 0 Å². The van der Waals surface area contributed by atoms with Crippen LogP contribution in [0.15, 0.2) is 24.8 Å². The fourth-order valence-corrected chi connectivity index (χ4v) is 1.83. The molecule has 0 heterocycles. The highest BCUT2D eigenvalue weighted by Crippen LogP contribution is 2.32. The molecule has 1 aromatic carbocycles. The van der Waals surface area contributed by atoms with Crippen LogP contribution < -0.4 is 4.74 Å². The predicted octanol–water partition coefficient (Wildman–Crippen LogP) is 1.55. The monoisotopic (exact) mass is 251 g/mol. The van der Waals surface area contributed by atoms with Crippen LogP contribution in [0.2, 0.25) is 0 Å². The van der Waals surface area contributed by atoms with Gasteiger partial charge in [0, 0.05) is 18.7 Å². The van der Waals surface area contributed by atoms with Gasteiger partial charge in [-0.15, -0.1) is 6.58 Å². The molecular weight excluding hydrogens is 230 g/mol. The lowest BCUT2D eigenvalue weighted by molar-refractivity contribution is 0.215. The van der Waals surface area contributed by atoms with Gasteiger partial charge in [-0.05, 0) is 25.1 Å². The standard InChI is InChI=1S/C14H21NO3/c1-4-5-11-8-12(10-15(2)6-7-16)14(17)13(9-11)18-3/h4,8-9,16-17H,1,5-7,10H2,2-3H3. The van der Waals surface area contributed by atoms with Crippen LogP contribution in [0.25, 0.3) is 0 Å². The molecule has 0 aliphatic heterocycles. The Bertz CT molecular complexity index is 404. The van der Waals surface area contributed by atoms with Crippen LogP contribution in [-0.4, -0.2) is 42.4 Å². The number of hydrogen-bond donors (Lipinski definition) is 2. The third-order valence-electron chi connectivity index (χ3n) is 2.74. The Labute approximate surface area is 108 Å². The molecule has 4 heteroatoms. The molecule has 0 aliphatic carbocycles. The van der Waals surface area contributed by atoms with E-state index in [9.17, 15) is 5.11 Å². The average molecular weight is 251 g/mol. The summed E-state index contributed by atoms with van der Waals surface area (Å²) in [6.45, 7) is 4.93. The summed E-state index contributed by atoms with van der Waals surface area (Å²) in [5.74, 6) is 0.636. The minimum absolute atomic E-state index is 0.0980. The van der Waals surface area contributed by atoms with Crippen LogP contribution in [0.4, 0.5) is 0 Å². The van der Waals surface area contributed by atoms with Gasteiger partial charge in [0.15, 0.2) is 11.5 Å². The first-order chi connectivity index (χ1) is 8.62. The summed E-state index contributed by atoms with van der Waals surface area (Å²) in [5, 5.41) is 18.9. The number of rotatable bonds is 7. The second-order valence-electron chi connectivity index (χ2n) is 4.26. The Kier molecular flexibility index (Phi) is 5.68. The highest BCUT2D eigenvalue weighted by molar-refractivity contribution is 5.48. The Balaban J connectivity index is 3.00. The molecule has 0 amide bonds. The van der Waals surface area contributed by atoms with Gasteiger partial charge in [0.1, 0.15) is 0 Å². The van der Waals surface area contributed by atoms with E-state index < -0.39 is 0 Å². The molecule has 18 heavy (non-hydrogen) atoms. The summed E-state index contributed by atoms with van der Waals surface area (Å²) >= 11 is 0. The number of nitrogens with zero attached hydrogens (tertiary/aromatic N) is 1. The summed E-state index contributed by atoms with van der Waals surface area (Å²) in [6.07, 6.45) is 2.54. The molecular formula is C14H21NO3. The van der Waals surface area contributed by atoms with E-state index in [2.05, 4.69) is 6.58 Å². The van der Waals surface area contributed by atoms with E-state index in [0.717, 1.165) is 17.5 Å². The van der Waals surface area contributed by atoms with Gasteiger partial charge >= 0.3 is 0 Å². The zero-order valence-corrected chi connectivity index (χ0v) is 11.0. The van der Waals surface area contributed by atoms with Crippen molar-refractivity contribution in [1.29, 1.82) is 0 Å². The molecule has 2 N–H and O–H groups in total. The van der Waals surface area contributed by atoms with Crippen molar-refractivity contribution in [1.82, 2.24) is 4.90 Å². The molecule has 0 saturated heterocycles. The van der Waals surface area contributed by atoms with Crippen molar-refractivity contribution >= 4 is 0 Å². The molecule has 1 rings (SSSR count). The van der Waals surface area contributed by atoms with Gasteiger partial charge in [-0.2, -0.15) is 0 Å². The van der Waals surface area contributed by atoms with Crippen molar-refractivity contribution in [3.05, 3.63) is 35.9 Å². The molecule has 1 aromatic rings. The Morgan fingerprint density at radius 3 is 2.72 bits per heavy atom. The minimum atomic E-state index is 0.0980. The number of benzene rings is 1. The lowest BCUT2D eigenvalue weighted by atomic mass is 10.1. The quantitative estimate of drug-likeness (QED) is 0.722. The van der Waals surface area contributed by atoms with E-state index in [1.165, 1.54) is 7.11 Å². The fraction of sp³-hybridized carbons (Fsp3) is 0.429. The normalized spacial score (nSPS) is 10.7. The Morgan fingerprint density at radius 1 is 1.44 bits per heavy atom. The number of hydrogen-bond acceptors (Lipinski definition) is 4. The van der Waals surface area contributed by atoms with E-state index in [-0.39, 0.29) is 12.4 Å². The molecule has 0 atom stereocenters. The SMILES string of the molecule is C=CCc1cc(CN(C)CCO)c(O)c(OC)c1. The number of phenols is 1. The zero-order chi connectivity index (χ0) is 13.5. The fourth-order valence-electron chi connectivity index (χ4n) is 1.83. The van der Waals surface area contributed by atoms with Crippen molar-refractivity contribution in [3.8, 4) is 11.5 Å². The number of aliphatic hydroxyl groups is 1. The Hall–Kier alpha value is -1.52. The third-order valence-corrected chi connectivity index (χ3v) is 2.74. The highest BCUT2D eigenvalue weighted by Gasteiger charge is 2.11. The van der Waals surface area contributed by atoms with Crippen LogP contribution in [0.5, 0.6) is 11.5 Å². The number of methoxy groups -OCH3 is 1.